The van der Waals surface area contributed by atoms with Crippen LogP contribution in [0, 0.1) is 0 Å². The summed E-state index contributed by atoms with van der Waals surface area (Å²) in [4.78, 5) is 18.9. The van der Waals surface area contributed by atoms with Gasteiger partial charge in [0, 0.05) is 13.0 Å². The Morgan fingerprint density at radius 3 is 2.75 bits per heavy atom. The van der Waals surface area contributed by atoms with E-state index in [0.29, 0.717) is 17.3 Å². The summed E-state index contributed by atoms with van der Waals surface area (Å²) in [5.41, 5.74) is 8.43. The van der Waals surface area contributed by atoms with Gasteiger partial charge in [0.2, 0.25) is 17.7 Å². The number of ether oxygens (including phenoxy) is 1. The first-order valence-corrected chi connectivity index (χ1v) is 5.74. The summed E-state index contributed by atoms with van der Waals surface area (Å²) in [6.45, 7) is 1.41. The number of aromatic nitrogens is 2. The number of nitrogen functional groups attached to an aromatic ring is 2. The lowest BCUT2D eigenvalue weighted by atomic mass is 10.3. The molecule has 0 atom stereocenters. The van der Waals surface area contributed by atoms with E-state index in [-0.39, 0.29) is 17.7 Å². The van der Waals surface area contributed by atoms with Crippen molar-refractivity contribution in [3.63, 3.8) is 0 Å². The average Bonchev–Trinajstić information content (AvgIpc) is 2.39. The van der Waals surface area contributed by atoms with E-state index in [0.717, 1.165) is 0 Å². The number of nitrogens with two attached hydrogens (primary N) is 2. The third-order valence-electron chi connectivity index (χ3n) is 2.28. The molecule has 2 rings (SSSR count). The van der Waals surface area contributed by atoms with Crippen LogP contribution in [0.15, 0.2) is 30.3 Å². The largest absolute Gasteiger partial charge is 0.437 e. The predicted octanol–water partition coefficient (Wildman–Crippen LogP) is 1.10. The summed E-state index contributed by atoms with van der Waals surface area (Å²) in [6.07, 6.45) is 0. The topological polar surface area (TPSA) is 128 Å². The molecule has 0 saturated carbocycles. The van der Waals surface area contributed by atoms with Crippen molar-refractivity contribution in [2.75, 3.05) is 16.5 Å². The molecule has 6 N–H and O–H groups in total. The van der Waals surface area contributed by atoms with Crippen LogP contribution < -0.4 is 27.1 Å². The fraction of sp³-hybridized carbons (Fsp3) is 0.0833. The summed E-state index contributed by atoms with van der Waals surface area (Å²) in [5, 5.41) is 2.66. The van der Waals surface area contributed by atoms with Crippen LogP contribution >= 0.6 is 0 Å². The molecule has 1 amide bonds. The van der Waals surface area contributed by atoms with Crippen molar-refractivity contribution in [3.8, 4) is 11.6 Å². The quantitative estimate of drug-likeness (QED) is 0.485. The van der Waals surface area contributed by atoms with Crippen LogP contribution in [0.5, 0.6) is 11.6 Å². The third-order valence-corrected chi connectivity index (χ3v) is 2.28. The van der Waals surface area contributed by atoms with Gasteiger partial charge in [0.25, 0.3) is 0 Å². The highest BCUT2D eigenvalue weighted by Crippen LogP contribution is 2.29. The Balaban J connectivity index is 2.30. The van der Waals surface area contributed by atoms with E-state index in [1.54, 1.807) is 24.3 Å². The molecule has 0 radical (unpaired) electrons. The van der Waals surface area contributed by atoms with Crippen LogP contribution in [0.3, 0.4) is 0 Å². The Morgan fingerprint density at radius 1 is 1.30 bits per heavy atom. The number of benzene rings is 1. The number of nitrogens with zero attached hydrogens (tertiary/aromatic N) is 2. The molecule has 0 saturated heterocycles. The van der Waals surface area contributed by atoms with Crippen LogP contribution in [0.4, 0.5) is 17.5 Å². The lowest BCUT2D eigenvalue weighted by Gasteiger charge is -2.11. The number of hydrazine groups is 1. The van der Waals surface area contributed by atoms with E-state index in [4.69, 9.17) is 16.3 Å². The normalized spacial score (nSPS) is 9.90. The average molecular weight is 274 g/mol. The van der Waals surface area contributed by atoms with Gasteiger partial charge in [-0.15, -0.1) is 0 Å². The number of amides is 1. The molecule has 1 aromatic heterocycles. The summed E-state index contributed by atoms with van der Waals surface area (Å²) in [6, 6.07) is 8.44. The van der Waals surface area contributed by atoms with E-state index in [1.165, 1.54) is 13.0 Å². The zero-order chi connectivity index (χ0) is 14.5. The van der Waals surface area contributed by atoms with Crippen molar-refractivity contribution >= 4 is 23.4 Å². The first-order valence-electron chi connectivity index (χ1n) is 5.74. The van der Waals surface area contributed by atoms with Crippen LogP contribution in [-0.2, 0) is 4.79 Å². The summed E-state index contributed by atoms with van der Waals surface area (Å²) < 4.78 is 5.59. The van der Waals surface area contributed by atoms with E-state index < -0.39 is 0 Å². The van der Waals surface area contributed by atoms with Gasteiger partial charge in [-0.3, -0.25) is 4.79 Å². The van der Waals surface area contributed by atoms with Gasteiger partial charge >= 0.3 is 0 Å². The van der Waals surface area contributed by atoms with Crippen LogP contribution in [-0.4, -0.2) is 15.9 Å². The molecule has 0 unspecified atom stereocenters. The predicted molar refractivity (Wildman–Crippen MR) is 75.1 cm³/mol. The van der Waals surface area contributed by atoms with Gasteiger partial charge in [0.05, 0.1) is 5.69 Å². The second kappa shape index (κ2) is 5.85. The molecule has 20 heavy (non-hydrogen) atoms. The molecular formula is C12H14N6O2. The molecule has 104 valence electrons. The standard InChI is InChI=1S/C12H14N6O2/c1-7(19)15-8-4-2-3-5-9(8)20-11-6-10(18-14)16-12(13)17-11/h2-6H,14H2,1H3,(H,15,19)(H3,13,16,17,18). The number of carbonyl (C=O) groups is 1. The Kier molecular flexibility index (Phi) is 3.96. The highest BCUT2D eigenvalue weighted by Gasteiger charge is 2.08. The molecule has 2 aromatic rings. The van der Waals surface area contributed by atoms with E-state index in [2.05, 4.69) is 20.7 Å². The second-order valence-corrected chi connectivity index (χ2v) is 3.87. The lowest BCUT2D eigenvalue weighted by Crippen LogP contribution is -2.11. The maximum absolute atomic E-state index is 11.1. The minimum Gasteiger partial charge on any atom is -0.437 e. The lowest BCUT2D eigenvalue weighted by molar-refractivity contribution is -0.114. The SMILES string of the molecule is CC(=O)Nc1ccccc1Oc1cc(NN)nc(N)n1. The van der Waals surface area contributed by atoms with Crippen molar-refractivity contribution < 1.29 is 9.53 Å². The van der Waals surface area contributed by atoms with E-state index >= 15 is 0 Å². The molecule has 8 heteroatoms. The highest BCUT2D eigenvalue weighted by atomic mass is 16.5. The number of nitrogens with one attached hydrogen (secondary N) is 2. The smallest absolute Gasteiger partial charge is 0.226 e. The molecule has 0 aliphatic heterocycles. The van der Waals surface area contributed by atoms with Crippen LogP contribution in [0.25, 0.3) is 0 Å². The number of hydrogen-bond donors (Lipinski definition) is 4. The molecule has 0 aliphatic rings. The van der Waals surface area contributed by atoms with Crippen LogP contribution in [0.1, 0.15) is 6.92 Å². The number of hydrogen-bond acceptors (Lipinski definition) is 7. The minimum atomic E-state index is -0.201. The number of rotatable bonds is 4. The number of carbonyl (C=O) groups excluding carboxylic acids is 1. The Morgan fingerprint density at radius 2 is 2.05 bits per heavy atom. The summed E-state index contributed by atoms with van der Waals surface area (Å²) in [7, 11) is 0. The molecule has 1 heterocycles. The molecule has 1 aromatic carbocycles. The van der Waals surface area contributed by atoms with Crippen molar-refractivity contribution in [2.45, 2.75) is 6.92 Å². The minimum absolute atomic E-state index is 0.0208. The zero-order valence-electron chi connectivity index (χ0n) is 10.8. The second-order valence-electron chi connectivity index (χ2n) is 3.87. The van der Waals surface area contributed by atoms with Crippen molar-refractivity contribution in [1.82, 2.24) is 9.97 Å². The fourth-order valence-electron chi connectivity index (χ4n) is 1.53. The van der Waals surface area contributed by atoms with Gasteiger partial charge in [-0.25, -0.2) is 5.84 Å². The first kappa shape index (κ1) is 13.6. The molecule has 0 aliphatic carbocycles. The van der Waals surface area contributed by atoms with Crippen LogP contribution in [0.2, 0.25) is 0 Å². The molecule has 0 bridgehead atoms. The zero-order valence-corrected chi connectivity index (χ0v) is 10.8. The third kappa shape index (κ3) is 3.33. The monoisotopic (exact) mass is 274 g/mol. The van der Waals surface area contributed by atoms with E-state index in [1.807, 2.05) is 0 Å². The molecule has 0 fully saturated rings. The highest BCUT2D eigenvalue weighted by molar-refractivity contribution is 5.90. The molecule has 0 spiro atoms. The van der Waals surface area contributed by atoms with Gasteiger partial charge in [-0.2, -0.15) is 9.97 Å². The van der Waals surface area contributed by atoms with Gasteiger partial charge in [0.1, 0.15) is 5.82 Å². The number of anilines is 3. The maximum Gasteiger partial charge on any atom is 0.226 e. The van der Waals surface area contributed by atoms with Crippen molar-refractivity contribution in [2.24, 2.45) is 5.84 Å². The maximum atomic E-state index is 11.1. The van der Waals surface area contributed by atoms with Crippen molar-refractivity contribution in [3.05, 3.63) is 30.3 Å². The Bertz CT molecular complexity index is 631. The van der Waals surface area contributed by atoms with Gasteiger partial charge in [-0.1, -0.05) is 12.1 Å². The van der Waals surface area contributed by atoms with E-state index in [9.17, 15) is 4.79 Å². The van der Waals surface area contributed by atoms with Gasteiger partial charge in [0.15, 0.2) is 5.75 Å². The van der Waals surface area contributed by atoms with Gasteiger partial charge in [-0.05, 0) is 12.1 Å². The Hall–Kier alpha value is -2.87. The summed E-state index contributed by atoms with van der Waals surface area (Å²) >= 11 is 0. The molecular weight excluding hydrogens is 260 g/mol. The Labute approximate surface area is 115 Å². The van der Waals surface area contributed by atoms with Crippen molar-refractivity contribution in [1.29, 1.82) is 0 Å². The summed E-state index contributed by atoms with van der Waals surface area (Å²) in [5.74, 6) is 6.06. The fourth-order valence-corrected chi connectivity index (χ4v) is 1.53. The number of para-hydroxylation sites is 2. The van der Waals surface area contributed by atoms with Gasteiger partial charge < -0.3 is 21.2 Å². The first-order chi connectivity index (χ1) is 9.58. The molecule has 8 nitrogen and oxygen atoms in total.